The summed E-state index contributed by atoms with van der Waals surface area (Å²) in [5.41, 5.74) is 8.93. The molecule has 1 aromatic carbocycles. The molecule has 3 nitrogen and oxygen atoms in total. The van der Waals surface area contributed by atoms with E-state index < -0.39 is 11.1 Å². The van der Waals surface area contributed by atoms with Crippen LogP contribution in [0.2, 0.25) is 0 Å². The minimum absolute atomic E-state index is 0.289. The normalized spacial score (nSPS) is 25.4. The molecular weight excluding hydrogens is 222 g/mol. The van der Waals surface area contributed by atoms with E-state index >= 15 is 0 Å². The summed E-state index contributed by atoms with van der Waals surface area (Å²) in [7, 11) is 0. The standard InChI is InChI=1S/C12H17NO2S/c1-8-6-12(8)11-3-2-10(13)7-9(11)4-5-16(14)15/h2-3,7-8,12H,4-6,13H2,1H3,(H,14,15). The van der Waals surface area contributed by atoms with Gasteiger partial charge in [0, 0.05) is 5.69 Å². The van der Waals surface area contributed by atoms with Crippen molar-refractivity contribution in [3.8, 4) is 0 Å². The fraction of sp³-hybridized carbons (Fsp3) is 0.500. The Kier molecular flexibility index (Phi) is 3.30. The third-order valence-corrected chi connectivity index (χ3v) is 3.78. The molecule has 3 atom stereocenters. The van der Waals surface area contributed by atoms with Crippen molar-refractivity contribution < 1.29 is 8.76 Å². The summed E-state index contributed by atoms with van der Waals surface area (Å²) in [5.74, 6) is 1.65. The molecule has 1 aliphatic rings. The molecule has 3 N–H and O–H groups in total. The molecule has 1 fully saturated rings. The van der Waals surface area contributed by atoms with E-state index in [4.69, 9.17) is 10.3 Å². The van der Waals surface area contributed by atoms with Gasteiger partial charge < -0.3 is 10.3 Å². The van der Waals surface area contributed by atoms with E-state index in [0.717, 1.165) is 17.2 Å². The van der Waals surface area contributed by atoms with E-state index in [-0.39, 0.29) is 5.75 Å². The molecule has 1 saturated carbocycles. The Morgan fingerprint density at radius 1 is 1.56 bits per heavy atom. The second-order valence-electron chi connectivity index (χ2n) is 4.55. The number of anilines is 1. The van der Waals surface area contributed by atoms with Crippen LogP contribution in [0.5, 0.6) is 0 Å². The molecule has 0 bridgehead atoms. The van der Waals surface area contributed by atoms with Crippen molar-refractivity contribution in [2.24, 2.45) is 5.92 Å². The van der Waals surface area contributed by atoms with Crippen LogP contribution < -0.4 is 5.73 Å². The second kappa shape index (κ2) is 4.55. The Morgan fingerprint density at radius 3 is 2.81 bits per heavy atom. The van der Waals surface area contributed by atoms with Gasteiger partial charge in [-0.15, -0.1) is 0 Å². The van der Waals surface area contributed by atoms with Crippen LogP contribution in [0.1, 0.15) is 30.4 Å². The zero-order valence-electron chi connectivity index (χ0n) is 9.35. The van der Waals surface area contributed by atoms with Gasteiger partial charge in [-0.3, -0.25) is 0 Å². The van der Waals surface area contributed by atoms with Crippen molar-refractivity contribution in [2.75, 3.05) is 11.5 Å². The lowest BCUT2D eigenvalue weighted by atomic mass is 9.99. The van der Waals surface area contributed by atoms with Crippen LogP contribution >= 0.6 is 0 Å². The van der Waals surface area contributed by atoms with E-state index in [1.165, 1.54) is 12.0 Å². The van der Waals surface area contributed by atoms with Gasteiger partial charge in [-0.1, -0.05) is 13.0 Å². The Morgan fingerprint density at radius 2 is 2.25 bits per heavy atom. The molecule has 3 unspecified atom stereocenters. The van der Waals surface area contributed by atoms with E-state index in [0.29, 0.717) is 12.3 Å². The molecule has 0 amide bonds. The third kappa shape index (κ3) is 2.62. The quantitative estimate of drug-likeness (QED) is 0.625. The number of aryl methyl sites for hydroxylation is 1. The number of benzene rings is 1. The minimum atomic E-state index is -1.72. The summed E-state index contributed by atoms with van der Waals surface area (Å²) in [6.07, 6.45) is 1.85. The molecule has 0 aromatic heterocycles. The minimum Gasteiger partial charge on any atom is -0.399 e. The Balaban J connectivity index is 2.19. The maximum absolute atomic E-state index is 10.7. The summed E-state index contributed by atoms with van der Waals surface area (Å²) in [5, 5.41) is 0. The topological polar surface area (TPSA) is 63.3 Å². The van der Waals surface area contributed by atoms with E-state index in [1.54, 1.807) is 0 Å². The molecule has 1 aliphatic carbocycles. The van der Waals surface area contributed by atoms with Crippen molar-refractivity contribution in [2.45, 2.75) is 25.7 Å². The molecule has 2 rings (SSSR count). The van der Waals surface area contributed by atoms with Gasteiger partial charge in [-0.2, -0.15) is 0 Å². The van der Waals surface area contributed by atoms with Crippen molar-refractivity contribution in [1.29, 1.82) is 0 Å². The summed E-state index contributed by atoms with van der Waals surface area (Å²) >= 11 is -1.72. The first-order valence-corrected chi connectivity index (χ1v) is 6.81. The predicted octanol–water partition coefficient (Wildman–Crippen LogP) is 2.16. The maximum atomic E-state index is 10.7. The predicted molar refractivity (Wildman–Crippen MR) is 66.7 cm³/mol. The van der Waals surface area contributed by atoms with Gasteiger partial charge >= 0.3 is 0 Å². The highest BCUT2D eigenvalue weighted by atomic mass is 32.2. The molecule has 0 heterocycles. The lowest BCUT2D eigenvalue weighted by molar-refractivity contribution is 0.563. The van der Waals surface area contributed by atoms with Crippen LogP contribution in [0.4, 0.5) is 5.69 Å². The van der Waals surface area contributed by atoms with Crippen molar-refractivity contribution in [3.05, 3.63) is 29.3 Å². The highest BCUT2D eigenvalue weighted by Crippen LogP contribution is 2.48. The molecule has 88 valence electrons. The largest absolute Gasteiger partial charge is 0.399 e. The Labute approximate surface area is 98.3 Å². The smallest absolute Gasteiger partial charge is 0.153 e. The van der Waals surface area contributed by atoms with Crippen LogP contribution in [0.25, 0.3) is 0 Å². The number of rotatable bonds is 4. The van der Waals surface area contributed by atoms with E-state index in [2.05, 4.69) is 13.0 Å². The van der Waals surface area contributed by atoms with Crippen LogP contribution in [-0.2, 0) is 17.5 Å². The average Bonchev–Trinajstić information content (AvgIpc) is 2.92. The molecular formula is C12H17NO2S. The Bertz CT molecular complexity index is 419. The summed E-state index contributed by atoms with van der Waals surface area (Å²) in [4.78, 5) is 0. The highest BCUT2D eigenvalue weighted by Gasteiger charge is 2.35. The lowest BCUT2D eigenvalue weighted by Gasteiger charge is -2.09. The lowest BCUT2D eigenvalue weighted by Crippen LogP contribution is -2.03. The summed E-state index contributed by atoms with van der Waals surface area (Å²) in [6.45, 7) is 2.23. The van der Waals surface area contributed by atoms with Crippen molar-refractivity contribution >= 4 is 16.8 Å². The fourth-order valence-corrected chi connectivity index (χ4v) is 2.55. The van der Waals surface area contributed by atoms with Crippen LogP contribution in [-0.4, -0.2) is 14.5 Å². The molecule has 0 radical (unpaired) electrons. The van der Waals surface area contributed by atoms with Crippen molar-refractivity contribution in [3.63, 3.8) is 0 Å². The van der Waals surface area contributed by atoms with Gasteiger partial charge in [-0.25, -0.2) is 4.21 Å². The molecule has 0 aliphatic heterocycles. The van der Waals surface area contributed by atoms with Crippen LogP contribution in [0.15, 0.2) is 18.2 Å². The van der Waals surface area contributed by atoms with Crippen LogP contribution in [0.3, 0.4) is 0 Å². The van der Waals surface area contributed by atoms with E-state index in [1.807, 2.05) is 12.1 Å². The number of hydrogen-bond donors (Lipinski definition) is 2. The zero-order chi connectivity index (χ0) is 11.7. The average molecular weight is 239 g/mol. The monoisotopic (exact) mass is 239 g/mol. The maximum Gasteiger partial charge on any atom is 0.153 e. The molecule has 4 heteroatoms. The molecule has 1 aromatic rings. The van der Waals surface area contributed by atoms with Gasteiger partial charge in [0.05, 0.1) is 5.75 Å². The second-order valence-corrected chi connectivity index (χ2v) is 5.60. The van der Waals surface area contributed by atoms with Gasteiger partial charge in [0.25, 0.3) is 0 Å². The van der Waals surface area contributed by atoms with Gasteiger partial charge in [0.15, 0.2) is 11.1 Å². The van der Waals surface area contributed by atoms with Gasteiger partial charge in [0.2, 0.25) is 0 Å². The number of nitrogen functional groups attached to an aromatic ring is 1. The van der Waals surface area contributed by atoms with Gasteiger partial charge in [-0.05, 0) is 47.9 Å². The first kappa shape index (κ1) is 11.6. The Hall–Kier alpha value is -0.870. The SMILES string of the molecule is CC1CC1c1ccc(N)cc1CCS(=O)O. The highest BCUT2D eigenvalue weighted by molar-refractivity contribution is 7.79. The first-order chi connectivity index (χ1) is 7.58. The molecule has 0 saturated heterocycles. The number of nitrogens with two attached hydrogens (primary N) is 1. The summed E-state index contributed by atoms with van der Waals surface area (Å²) in [6, 6.07) is 5.92. The van der Waals surface area contributed by atoms with Gasteiger partial charge in [0.1, 0.15) is 0 Å². The zero-order valence-corrected chi connectivity index (χ0v) is 10.2. The van der Waals surface area contributed by atoms with E-state index in [9.17, 15) is 4.21 Å². The molecule has 0 spiro atoms. The summed E-state index contributed by atoms with van der Waals surface area (Å²) < 4.78 is 19.5. The van der Waals surface area contributed by atoms with Crippen molar-refractivity contribution in [1.82, 2.24) is 0 Å². The number of hydrogen-bond acceptors (Lipinski definition) is 2. The van der Waals surface area contributed by atoms with Crippen LogP contribution in [0, 0.1) is 5.92 Å². The fourth-order valence-electron chi connectivity index (χ4n) is 2.16. The first-order valence-electron chi connectivity index (χ1n) is 5.53. The molecule has 16 heavy (non-hydrogen) atoms. The third-order valence-electron chi connectivity index (χ3n) is 3.22.